The molecule has 0 saturated heterocycles. The minimum atomic E-state index is 0.144. The number of hydrogen-bond donors (Lipinski definition) is 1. The maximum absolute atomic E-state index is 4.43. The molecule has 0 amide bonds. The lowest BCUT2D eigenvalue weighted by Gasteiger charge is -2.40. The van der Waals surface area contributed by atoms with Crippen LogP contribution in [0.15, 0.2) is 18.3 Å². The van der Waals surface area contributed by atoms with Crippen LogP contribution in [-0.4, -0.2) is 23.6 Å². The quantitative estimate of drug-likeness (QED) is 0.680. The Morgan fingerprint density at radius 2 is 2.21 bits per heavy atom. The summed E-state index contributed by atoms with van der Waals surface area (Å²) in [7, 11) is 0. The average Bonchev–Trinajstić information content (AvgIpc) is 2.15. The summed E-state index contributed by atoms with van der Waals surface area (Å²) < 4.78 is 0. The highest BCUT2D eigenvalue weighted by atomic mass is 15.3. The molecule has 14 heavy (non-hydrogen) atoms. The highest BCUT2D eigenvalue weighted by molar-refractivity contribution is 5.68. The maximum atomic E-state index is 4.43. The lowest BCUT2D eigenvalue weighted by molar-refractivity contribution is 0.499. The van der Waals surface area contributed by atoms with Gasteiger partial charge in [-0.3, -0.25) is 0 Å². The number of hydrogen-bond acceptors (Lipinski definition) is 3. The maximum Gasteiger partial charge on any atom is 0.152 e. The van der Waals surface area contributed by atoms with Crippen LogP contribution in [0, 0.1) is 0 Å². The van der Waals surface area contributed by atoms with Crippen LogP contribution in [0.1, 0.15) is 20.8 Å². The molecule has 0 spiro atoms. The van der Waals surface area contributed by atoms with Crippen LogP contribution < -0.4 is 10.2 Å². The van der Waals surface area contributed by atoms with Gasteiger partial charge in [0, 0.05) is 24.8 Å². The Labute approximate surface area is 85.1 Å². The lowest BCUT2D eigenvalue weighted by atomic mass is 10.0. The van der Waals surface area contributed by atoms with E-state index in [1.54, 1.807) is 0 Å². The number of aromatic nitrogens is 1. The van der Waals surface area contributed by atoms with Crippen LogP contribution in [-0.2, 0) is 0 Å². The summed E-state index contributed by atoms with van der Waals surface area (Å²) in [5.41, 5.74) is 1.29. The van der Waals surface area contributed by atoms with Crippen LogP contribution in [0.2, 0.25) is 0 Å². The van der Waals surface area contributed by atoms with Crippen LogP contribution in [0.25, 0.3) is 0 Å². The van der Waals surface area contributed by atoms with Crippen LogP contribution in [0.4, 0.5) is 11.5 Å². The van der Waals surface area contributed by atoms with Gasteiger partial charge in [0.25, 0.3) is 0 Å². The van der Waals surface area contributed by atoms with Crippen molar-refractivity contribution in [1.82, 2.24) is 4.98 Å². The van der Waals surface area contributed by atoms with Gasteiger partial charge in [-0.1, -0.05) is 0 Å². The van der Waals surface area contributed by atoms with E-state index in [1.165, 1.54) is 0 Å². The number of rotatable bonds is 0. The molecule has 0 atom stereocenters. The van der Waals surface area contributed by atoms with Crippen molar-refractivity contribution in [2.24, 2.45) is 0 Å². The van der Waals surface area contributed by atoms with Crippen LogP contribution in [0.3, 0.4) is 0 Å². The Kier molecular flexibility index (Phi) is 2.10. The molecule has 3 nitrogen and oxygen atoms in total. The van der Waals surface area contributed by atoms with Crippen LogP contribution in [0.5, 0.6) is 0 Å². The van der Waals surface area contributed by atoms with E-state index < -0.39 is 0 Å². The second kappa shape index (κ2) is 3.15. The number of nitrogens with one attached hydrogen (secondary N) is 1. The molecule has 0 bridgehead atoms. The molecule has 1 aromatic heterocycles. The van der Waals surface area contributed by atoms with E-state index in [-0.39, 0.29) is 5.54 Å². The van der Waals surface area contributed by atoms with Crippen molar-refractivity contribution in [1.29, 1.82) is 0 Å². The van der Waals surface area contributed by atoms with Gasteiger partial charge in [0.2, 0.25) is 0 Å². The summed E-state index contributed by atoms with van der Waals surface area (Å²) in [6.07, 6.45) is 1.85. The van der Waals surface area contributed by atoms with Gasteiger partial charge in [0.1, 0.15) is 0 Å². The fourth-order valence-electron chi connectivity index (χ4n) is 1.81. The molecule has 1 aromatic rings. The third kappa shape index (κ3) is 1.54. The Balaban J connectivity index is 2.41. The predicted molar refractivity (Wildman–Crippen MR) is 59.8 cm³/mol. The van der Waals surface area contributed by atoms with Gasteiger partial charge < -0.3 is 10.2 Å². The normalized spacial score (nSPS) is 16.1. The summed E-state index contributed by atoms with van der Waals surface area (Å²) in [6, 6.07) is 4.05. The second-order valence-corrected chi connectivity index (χ2v) is 4.62. The second-order valence-electron chi connectivity index (χ2n) is 4.62. The van der Waals surface area contributed by atoms with Crippen LogP contribution >= 0.6 is 0 Å². The number of fused-ring (bicyclic) bond motifs is 1. The van der Waals surface area contributed by atoms with Crippen molar-refractivity contribution in [3.05, 3.63) is 18.3 Å². The first-order valence-corrected chi connectivity index (χ1v) is 5.05. The van der Waals surface area contributed by atoms with E-state index >= 15 is 0 Å². The fourth-order valence-corrected chi connectivity index (χ4v) is 1.81. The van der Waals surface area contributed by atoms with Gasteiger partial charge in [-0.2, -0.15) is 0 Å². The SMILES string of the molecule is CC(C)(C)N1CCNc2cccnc21. The zero-order valence-corrected chi connectivity index (χ0v) is 9.04. The van der Waals surface area contributed by atoms with E-state index in [0.717, 1.165) is 24.6 Å². The van der Waals surface area contributed by atoms with E-state index in [0.29, 0.717) is 0 Å². The van der Waals surface area contributed by atoms with Gasteiger partial charge in [-0.05, 0) is 32.9 Å². The van der Waals surface area contributed by atoms with Crippen molar-refractivity contribution in [3.63, 3.8) is 0 Å². The largest absolute Gasteiger partial charge is 0.380 e. The summed E-state index contributed by atoms with van der Waals surface area (Å²) >= 11 is 0. The molecule has 2 heterocycles. The van der Waals surface area contributed by atoms with Gasteiger partial charge in [-0.25, -0.2) is 4.98 Å². The monoisotopic (exact) mass is 191 g/mol. The Hall–Kier alpha value is -1.25. The standard InChI is InChI=1S/C11H17N3/c1-11(2,3)14-8-7-12-9-5-4-6-13-10(9)14/h4-6,12H,7-8H2,1-3H3. The van der Waals surface area contributed by atoms with Gasteiger partial charge in [0.05, 0.1) is 5.69 Å². The Morgan fingerprint density at radius 1 is 1.43 bits per heavy atom. The van der Waals surface area contributed by atoms with E-state index in [2.05, 4.69) is 42.0 Å². The molecular formula is C11H17N3. The molecule has 1 N–H and O–H groups in total. The number of pyridine rings is 1. The molecule has 0 fully saturated rings. The van der Waals surface area contributed by atoms with E-state index in [9.17, 15) is 0 Å². The highest BCUT2D eigenvalue weighted by Gasteiger charge is 2.26. The molecular weight excluding hydrogens is 174 g/mol. The van der Waals surface area contributed by atoms with Crippen molar-refractivity contribution in [2.75, 3.05) is 23.3 Å². The molecule has 0 radical (unpaired) electrons. The molecule has 0 aliphatic carbocycles. The summed E-state index contributed by atoms with van der Waals surface area (Å²) in [5.74, 6) is 1.08. The lowest BCUT2D eigenvalue weighted by Crippen LogP contribution is -2.47. The molecule has 76 valence electrons. The van der Waals surface area contributed by atoms with E-state index in [4.69, 9.17) is 0 Å². The van der Waals surface area contributed by atoms with Gasteiger partial charge >= 0.3 is 0 Å². The zero-order valence-electron chi connectivity index (χ0n) is 9.04. The molecule has 0 unspecified atom stereocenters. The molecule has 1 aliphatic rings. The third-order valence-electron chi connectivity index (χ3n) is 2.50. The predicted octanol–water partition coefficient (Wildman–Crippen LogP) is 2.11. The third-order valence-corrected chi connectivity index (χ3v) is 2.50. The van der Waals surface area contributed by atoms with Crippen molar-refractivity contribution in [2.45, 2.75) is 26.3 Å². The molecule has 0 aromatic carbocycles. The minimum absolute atomic E-state index is 0.144. The smallest absolute Gasteiger partial charge is 0.152 e. The van der Waals surface area contributed by atoms with Gasteiger partial charge in [0.15, 0.2) is 5.82 Å². The number of anilines is 2. The first kappa shape index (κ1) is 9.31. The molecule has 2 rings (SSSR count). The summed E-state index contributed by atoms with van der Waals surface area (Å²) in [5, 5.41) is 3.36. The highest BCUT2D eigenvalue weighted by Crippen LogP contribution is 2.30. The number of nitrogens with zero attached hydrogens (tertiary/aromatic N) is 2. The van der Waals surface area contributed by atoms with Crippen molar-refractivity contribution >= 4 is 11.5 Å². The summed E-state index contributed by atoms with van der Waals surface area (Å²) in [4.78, 5) is 6.78. The first-order valence-electron chi connectivity index (χ1n) is 5.05. The Morgan fingerprint density at radius 3 is 2.93 bits per heavy atom. The fraction of sp³-hybridized carbons (Fsp3) is 0.545. The van der Waals surface area contributed by atoms with Gasteiger partial charge in [-0.15, -0.1) is 0 Å². The van der Waals surface area contributed by atoms with Crippen molar-refractivity contribution in [3.8, 4) is 0 Å². The Bertz CT molecular complexity index is 328. The molecule has 0 saturated carbocycles. The first-order chi connectivity index (χ1) is 6.59. The van der Waals surface area contributed by atoms with E-state index in [1.807, 2.05) is 12.3 Å². The topological polar surface area (TPSA) is 28.2 Å². The van der Waals surface area contributed by atoms with Crippen molar-refractivity contribution < 1.29 is 0 Å². The summed E-state index contributed by atoms with van der Waals surface area (Å²) in [6.45, 7) is 8.67. The molecule has 3 heteroatoms. The minimum Gasteiger partial charge on any atom is -0.380 e. The zero-order chi connectivity index (χ0) is 10.2. The average molecular weight is 191 g/mol. The molecule has 1 aliphatic heterocycles.